The van der Waals surface area contributed by atoms with E-state index >= 15 is 0 Å². The van der Waals surface area contributed by atoms with Crippen LogP contribution in [0.25, 0.3) is 0 Å². The average Bonchev–Trinajstić information content (AvgIpc) is 2.14. The van der Waals surface area contributed by atoms with Crippen molar-refractivity contribution >= 4 is 10.0 Å². The molecule has 1 atom stereocenters. The molecule has 0 saturated carbocycles. The molecule has 0 N–H and O–H groups in total. The molecule has 1 aliphatic rings. The monoisotopic (exact) mass is 253 g/mol. The number of sulfonamides is 1. The van der Waals surface area contributed by atoms with Crippen LogP contribution in [-0.4, -0.2) is 25.3 Å². The van der Waals surface area contributed by atoms with E-state index in [2.05, 4.69) is 13.8 Å². The summed E-state index contributed by atoms with van der Waals surface area (Å²) in [6, 6.07) is 7.25. The van der Waals surface area contributed by atoms with Gasteiger partial charge in [0, 0.05) is 12.6 Å². The molecule has 4 heteroatoms. The highest BCUT2D eigenvalue weighted by Gasteiger charge is 2.39. The van der Waals surface area contributed by atoms with Crippen LogP contribution in [-0.2, 0) is 10.0 Å². The molecule has 0 spiro atoms. The molecule has 1 heterocycles. The Morgan fingerprint density at radius 1 is 1.24 bits per heavy atom. The number of nitrogens with zero attached hydrogens (tertiary/aromatic N) is 1. The van der Waals surface area contributed by atoms with E-state index in [4.69, 9.17) is 0 Å². The van der Waals surface area contributed by atoms with Gasteiger partial charge in [-0.25, -0.2) is 8.42 Å². The van der Waals surface area contributed by atoms with Gasteiger partial charge in [-0.3, -0.25) is 0 Å². The predicted octanol–water partition coefficient (Wildman–Crippen LogP) is 2.41. The first-order chi connectivity index (χ1) is 7.93. The molecule has 94 valence electrons. The fourth-order valence-corrected chi connectivity index (χ4v) is 4.00. The molecule has 0 aromatic heterocycles. The second-order valence-electron chi connectivity index (χ2n) is 5.03. The first kappa shape index (κ1) is 12.6. The van der Waals surface area contributed by atoms with Gasteiger partial charge in [0.05, 0.1) is 4.90 Å². The quantitative estimate of drug-likeness (QED) is 0.829. The average molecular weight is 253 g/mol. The maximum Gasteiger partial charge on any atom is 0.243 e. The van der Waals surface area contributed by atoms with E-state index in [9.17, 15) is 8.42 Å². The van der Waals surface area contributed by atoms with E-state index in [0.29, 0.717) is 17.4 Å². The minimum absolute atomic E-state index is 0.168. The van der Waals surface area contributed by atoms with Gasteiger partial charge >= 0.3 is 0 Å². The van der Waals surface area contributed by atoms with E-state index < -0.39 is 10.0 Å². The normalized spacial score (nSPS) is 21.5. The zero-order valence-corrected chi connectivity index (χ0v) is 11.4. The zero-order chi connectivity index (χ0) is 12.6. The summed E-state index contributed by atoms with van der Waals surface area (Å²) in [6.45, 7) is 6.75. The smallest absolute Gasteiger partial charge is 0.207 e. The van der Waals surface area contributed by atoms with E-state index in [1.807, 2.05) is 19.1 Å². The minimum Gasteiger partial charge on any atom is -0.207 e. The number of hydrogen-bond acceptors (Lipinski definition) is 2. The molecular formula is C13H19NO2S. The molecule has 17 heavy (non-hydrogen) atoms. The molecule has 1 aliphatic heterocycles. The second kappa shape index (κ2) is 4.42. The van der Waals surface area contributed by atoms with Crippen molar-refractivity contribution < 1.29 is 8.42 Å². The second-order valence-corrected chi connectivity index (χ2v) is 6.92. The minimum atomic E-state index is -3.28. The molecule has 2 rings (SSSR count). The maximum atomic E-state index is 12.4. The summed E-state index contributed by atoms with van der Waals surface area (Å²) < 4.78 is 26.4. The summed E-state index contributed by atoms with van der Waals surface area (Å²) in [4.78, 5) is 0.411. The van der Waals surface area contributed by atoms with Gasteiger partial charge in [-0.15, -0.1) is 0 Å². The SMILES string of the molecule is Cc1ccc(S(=O)(=O)N2CC[C@H]2C(C)C)cc1. The summed E-state index contributed by atoms with van der Waals surface area (Å²) in [6.07, 6.45) is 0.975. The van der Waals surface area contributed by atoms with Gasteiger partial charge in [-0.2, -0.15) is 4.31 Å². The Morgan fingerprint density at radius 2 is 1.82 bits per heavy atom. The first-order valence-electron chi connectivity index (χ1n) is 6.01. The van der Waals surface area contributed by atoms with Gasteiger partial charge in [0.25, 0.3) is 0 Å². The van der Waals surface area contributed by atoms with Gasteiger partial charge in [0.2, 0.25) is 10.0 Å². The lowest BCUT2D eigenvalue weighted by Crippen LogP contribution is -2.53. The standard InChI is InChI=1S/C13H19NO2S/c1-10(2)13-8-9-14(13)17(15,16)12-6-4-11(3)5-7-12/h4-7,10,13H,8-9H2,1-3H3/t13-/m0/s1. The van der Waals surface area contributed by atoms with Crippen molar-refractivity contribution in [2.45, 2.75) is 38.1 Å². The van der Waals surface area contributed by atoms with E-state index in [0.717, 1.165) is 12.0 Å². The van der Waals surface area contributed by atoms with Crippen LogP contribution in [0.1, 0.15) is 25.8 Å². The Balaban J connectivity index is 2.28. The van der Waals surface area contributed by atoms with Crippen LogP contribution >= 0.6 is 0 Å². The van der Waals surface area contributed by atoms with Crippen LogP contribution in [0.2, 0.25) is 0 Å². The van der Waals surface area contributed by atoms with Crippen LogP contribution in [0, 0.1) is 12.8 Å². The Kier molecular flexibility index (Phi) is 3.27. The molecule has 1 fully saturated rings. The summed E-state index contributed by atoms with van der Waals surface area (Å²) in [5.74, 6) is 0.379. The lowest BCUT2D eigenvalue weighted by atomic mass is 9.95. The van der Waals surface area contributed by atoms with Crippen molar-refractivity contribution in [2.75, 3.05) is 6.54 Å². The van der Waals surface area contributed by atoms with Crippen molar-refractivity contribution in [3.05, 3.63) is 29.8 Å². The molecule has 1 aromatic rings. The zero-order valence-electron chi connectivity index (χ0n) is 10.6. The number of hydrogen-bond donors (Lipinski definition) is 0. The van der Waals surface area contributed by atoms with Crippen LogP contribution < -0.4 is 0 Å². The molecule has 3 nitrogen and oxygen atoms in total. The summed E-state index contributed by atoms with van der Waals surface area (Å²) >= 11 is 0. The molecule has 0 bridgehead atoms. The largest absolute Gasteiger partial charge is 0.243 e. The lowest BCUT2D eigenvalue weighted by Gasteiger charge is -2.42. The number of rotatable bonds is 3. The third-order valence-electron chi connectivity index (χ3n) is 3.41. The molecule has 0 amide bonds. The summed E-state index contributed by atoms with van der Waals surface area (Å²) in [5, 5.41) is 0. The van der Waals surface area contributed by atoms with E-state index in [1.54, 1.807) is 16.4 Å². The molecule has 0 radical (unpaired) electrons. The highest BCUT2D eigenvalue weighted by molar-refractivity contribution is 7.89. The molecule has 0 aliphatic carbocycles. The fraction of sp³-hybridized carbons (Fsp3) is 0.538. The lowest BCUT2D eigenvalue weighted by molar-refractivity contribution is 0.150. The van der Waals surface area contributed by atoms with Crippen molar-refractivity contribution in [2.24, 2.45) is 5.92 Å². The highest BCUT2D eigenvalue weighted by atomic mass is 32.2. The fourth-order valence-electron chi connectivity index (χ4n) is 2.19. The first-order valence-corrected chi connectivity index (χ1v) is 7.45. The predicted molar refractivity (Wildman–Crippen MR) is 68.3 cm³/mol. The van der Waals surface area contributed by atoms with Gasteiger partial charge in [-0.1, -0.05) is 31.5 Å². The van der Waals surface area contributed by atoms with Crippen molar-refractivity contribution in [3.63, 3.8) is 0 Å². The number of benzene rings is 1. The van der Waals surface area contributed by atoms with Crippen LogP contribution in [0.4, 0.5) is 0 Å². The van der Waals surface area contributed by atoms with Gasteiger partial charge in [0.15, 0.2) is 0 Å². The molecule has 1 aromatic carbocycles. The van der Waals surface area contributed by atoms with Crippen LogP contribution in [0.5, 0.6) is 0 Å². The summed E-state index contributed by atoms with van der Waals surface area (Å²) in [7, 11) is -3.28. The van der Waals surface area contributed by atoms with Gasteiger partial charge < -0.3 is 0 Å². The van der Waals surface area contributed by atoms with Gasteiger partial charge in [0.1, 0.15) is 0 Å². The third-order valence-corrected chi connectivity index (χ3v) is 5.35. The highest BCUT2D eigenvalue weighted by Crippen LogP contribution is 2.31. The Morgan fingerprint density at radius 3 is 2.24 bits per heavy atom. The van der Waals surface area contributed by atoms with E-state index in [-0.39, 0.29) is 6.04 Å². The molecular weight excluding hydrogens is 234 g/mol. The Bertz CT molecular complexity index is 491. The van der Waals surface area contributed by atoms with Crippen molar-refractivity contribution in [1.29, 1.82) is 0 Å². The van der Waals surface area contributed by atoms with Gasteiger partial charge in [-0.05, 0) is 31.4 Å². The van der Waals surface area contributed by atoms with Crippen LogP contribution in [0.15, 0.2) is 29.2 Å². The molecule has 0 unspecified atom stereocenters. The van der Waals surface area contributed by atoms with Crippen molar-refractivity contribution in [3.8, 4) is 0 Å². The topological polar surface area (TPSA) is 37.4 Å². The Labute approximate surface area is 104 Å². The summed E-state index contributed by atoms with van der Waals surface area (Å²) in [5.41, 5.74) is 1.08. The maximum absolute atomic E-state index is 12.4. The molecule has 1 saturated heterocycles. The third kappa shape index (κ3) is 2.24. The Hall–Kier alpha value is -0.870. The number of aryl methyl sites for hydroxylation is 1. The van der Waals surface area contributed by atoms with E-state index in [1.165, 1.54) is 0 Å². The van der Waals surface area contributed by atoms with Crippen LogP contribution in [0.3, 0.4) is 0 Å². The van der Waals surface area contributed by atoms with Crippen molar-refractivity contribution in [1.82, 2.24) is 4.31 Å².